The van der Waals surface area contributed by atoms with Crippen molar-refractivity contribution in [2.24, 2.45) is 7.05 Å². The predicted octanol–water partition coefficient (Wildman–Crippen LogP) is 2.81. The smallest absolute Gasteiger partial charge is 0.411 e. The van der Waals surface area contributed by atoms with Crippen molar-refractivity contribution >= 4 is 34.9 Å². The van der Waals surface area contributed by atoms with Crippen LogP contribution in [0.5, 0.6) is 0 Å². The summed E-state index contributed by atoms with van der Waals surface area (Å²) in [7, 11) is 1.62. The first-order chi connectivity index (χ1) is 21.4. The van der Waals surface area contributed by atoms with Gasteiger partial charge in [0.05, 0.1) is 23.7 Å². The Hall–Kier alpha value is -4.89. The van der Waals surface area contributed by atoms with Crippen molar-refractivity contribution in [3.05, 3.63) is 70.1 Å². The minimum absolute atomic E-state index is 0.0346. The first kappa shape index (κ1) is 31.5. The van der Waals surface area contributed by atoms with Crippen LogP contribution in [0.1, 0.15) is 57.2 Å². The van der Waals surface area contributed by atoms with Crippen LogP contribution in [0.15, 0.2) is 53.3 Å². The molecule has 2 fully saturated rings. The molecule has 1 unspecified atom stereocenters. The van der Waals surface area contributed by atoms with Crippen LogP contribution >= 0.6 is 0 Å². The molecule has 2 saturated heterocycles. The number of hydrogen-bond acceptors (Lipinski definition) is 8. The number of nitrogens with zero attached hydrogens (tertiary/aromatic N) is 3. The first-order valence-corrected chi connectivity index (χ1v) is 14.8. The van der Waals surface area contributed by atoms with Crippen LogP contribution in [0.25, 0.3) is 11.0 Å². The van der Waals surface area contributed by atoms with E-state index < -0.39 is 41.8 Å². The lowest BCUT2D eigenvalue weighted by Crippen LogP contribution is -2.44. The Labute approximate surface area is 260 Å². The molecule has 12 heteroatoms. The van der Waals surface area contributed by atoms with Gasteiger partial charge in [0.1, 0.15) is 30.9 Å². The molecule has 12 nitrogen and oxygen atoms in total. The van der Waals surface area contributed by atoms with Gasteiger partial charge in [-0.3, -0.25) is 28.9 Å². The summed E-state index contributed by atoms with van der Waals surface area (Å²) in [4.78, 5) is 64.4. The Morgan fingerprint density at radius 2 is 1.80 bits per heavy atom. The van der Waals surface area contributed by atoms with Crippen LogP contribution in [0, 0.1) is 11.8 Å². The van der Waals surface area contributed by atoms with Crippen molar-refractivity contribution in [3.8, 4) is 11.8 Å². The van der Waals surface area contributed by atoms with Gasteiger partial charge in [-0.15, -0.1) is 0 Å². The third-order valence-electron chi connectivity index (χ3n) is 7.62. The lowest BCUT2D eigenvalue weighted by molar-refractivity contribution is -0.150. The van der Waals surface area contributed by atoms with Gasteiger partial charge in [-0.05, 0) is 51.0 Å². The zero-order valence-corrected chi connectivity index (χ0v) is 25.7. The number of rotatable bonds is 6. The number of aromatic nitrogens is 2. The molecule has 0 spiro atoms. The number of amides is 3. The number of esters is 1. The van der Waals surface area contributed by atoms with Crippen molar-refractivity contribution in [1.82, 2.24) is 19.4 Å². The molecule has 2 aliphatic heterocycles. The summed E-state index contributed by atoms with van der Waals surface area (Å²) < 4.78 is 19.9. The topological polar surface area (TPSA) is 138 Å². The molecule has 45 heavy (non-hydrogen) atoms. The second-order valence-corrected chi connectivity index (χ2v) is 12.1. The van der Waals surface area contributed by atoms with Crippen LogP contribution in [0.3, 0.4) is 0 Å². The molecule has 3 aromatic rings. The van der Waals surface area contributed by atoms with E-state index in [-0.39, 0.29) is 50.6 Å². The summed E-state index contributed by atoms with van der Waals surface area (Å²) in [5, 5.41) is 2.30. The zero-order valence-electron chi connectivity index (χ0n) is 25.7. The molecule has 0 bridgehead atoms. The fourth-order valence-electron chi connectivity index (χ4n) is 5.46. The average molecular weight is 617 g/mol. The number of ether oxygens (including phenoxy) is 3. The Morgan fingerprint density at radius 1 is 1.04 bits per heavy atom. The van der Waals surface area contributed by atoms with Gasteiger partial charge in [0.25, 0.3) is 0 Å². The summed E-state index contributed by atoms with van der Waals surface area (Å²) in [5.41, 5.74) is 1.52. The standard InChI is InChI=1S/C33H36N4O8/c1-33(2,3)45-32(42)36-19-23(18-27(36)30(40)44-20-22-9-6-5-7-10-22)43-16-8-11-21-12-13-24-26(17-21)35(4)31(41)37(24)25-14-15-28(38)34-29(25)39/h5-7,9-10,12-13,17,23,25,27H,14-16,18-20H2,1-4H3,(H,34,38,39)/t23-,25?,27+/m1/s1. The molecule has 236 valence electrons. The molecule has 1 N–H and O–H groups in total. The van der Waals surface area contributed by atoms with E-state index in [1.807, 2.05) is 30.3 Å². The van der Waals surface area contributed by atoms with Crippen LogP contribution in [0.4, 0.5) is 4.79 Å². The zero-order chi connectivity index (χ0) is 32.3. The van der Waals surface area contributed by atoms with E-state index in [2.05, 4.69) is 17.2 Å². The van der Waals surface area contributed by atoms with Crippen molar-refractivity contribution in [1.29, 1.82) is 0 Å². The van der Waals surface area contributed by atoms with Crippen molar-refractivity contribution in [3.63, 3.8) is 0 Å². The maximum atomic E-state index is 13.0. The van der Waals surface area contributed by atoms with Gasteiger partial charge in [0, 0.05) is 25.5 Å². The number of benzene rings is 2. The Balaban J connectivity index is 1.25. The summed E-state index contributed by atoms with van der Waals surface area (Å²) in [6.45, 7) is 5.53. The summed E-state index contributed by atoms with van der Waals surface area (Å²) in [6.07, 6.45) is -0.442. The van der Waals surface area contributed by atoms with Crippen LogP contribution in [-0.2, 0) is 42.2 Å². The maximum Gasteiger partial charge on any atom is 0.411 e. The van der Waals surface area contributed by atoms with Gasteiger partial charge in [-0.2, -0.15) is 0 Å². The van der Waals surface area contributed by atoms with Gasteiger partial charge >= 0.3 is 17.8 Å². The third-order valence-corrected chi connectivity index (χ3v) is 7.62. The van der Waals surface area contributed by atoms with E-state index in [1.165, 1.54) is 14.0 Å². The Kier molecular flexibility index (Phi) is 9.11. The average Bonchev–Trinajstić information content (AvgIpc) is 3.53. The highest BCUT2D eigenvalue weighted by Crippen LogP contribution is 2.26. The van der Waals surface area contributed by atoms with Gasteiger partial charge in [0.15, 0.2) is 0 Å². The minimum Gasteiger partial charge on any atom is -0.459 e. The number of carbonyl (C=O) groups excluding carboxylic acids is 4. The number of likely N-dealkylation sites (tertiary alicyclic amines) is 1. The van der Waals surface area contributed by atoms with Gasteiger partial charge in [0.2, 0.25) is 11.8 Å². The number of carbonyl (C=O) groups is 4. The number of aryl methyl sites for hydroxylation is 1. The van der Waals surface area contributed by atoms with Crippen molar-refractivity contribution in [2.45, 2.75) is 70.4 Å². The number of hydrogen-bond donors (Lipinski definition) is 1. The normalized spacial score (nSPS) is 20.0. The first-order valence-electron chi connectivity index (χ1n) is 14.8. The highest BCUT2D eigenvalue weighted by Gasteiger charge is 2.43. The van der Waals surface area contributed by atoms with Crippen molar-refractivity contribution in [2.75, 3.05) is 13.2 Å². The molecule has 1 aromatic heterocycles. The molecule has 3 amide bonds. The van der Waals surface area contributed by atoms with Crippen LogP contribution in [0.2, 0.25) is 0 Å². The molecular weight excluding hydrogens is 580 g/mol. The number of piperidine rings is 1. The van der Waals surface area contributed by atoms with E-state index in [1.54, 1.807) is 46.0 Å². The van der Waals surface area contributed by atoms with E-state index in [0.717, 1.165) is 5.56 Å². The lowest BCUT2D eigenvalue weighted by atomic mass is 10.1. The highest BCUT2D eigenvalue weighted by atomic mass is 16.6. The van der Waals surface area contributed by atoms with E-state index in [4.69, 9.17) is 14.2 Å². The fraction of sp³-hybridized carbons (Fsp3) is 0.424. The molecular formula is C33H36N4O8. The molecule has 0 radical (unpaired) electrons. The Bertz CT molecular complexity index is 1740. The number of imidazole rings is 1. The largest absolute Gasteiger partial charge is 0.459 e. The monoisotopic (exact) mass is 616 g/mol. The lowest BCUT2D eigenvalue weighted by Gasteiger charge is -2.27. The summed E-state index contributed by atoms with van der Waals surface area (Å²) in [5.74, 6) is 4.61. The van der Waals surface area contributed by atoms with Gasteiger partial charge in [-0.25, -0.2) is 14.4 Å². The second-order valence-electron chi connectivity index (χ2n) is 12.1. The summed E-state index contributed by atoms with van der Waals surface area (Å²) in [6, 6.07) is 12.9. The van der Waals surface area contributed by atoms with Crippen LogP contribution < -0.4 is 11.0 Å². The maximum absolute atomic E-state index is 13.0. The molecule has 2 aromatic carbocycles. The number of imide groups is 1. The molecule has 5 rings (SSSR count). The number of nitrogens with one attached hydrogen (secondary N) is 1. The van der Waals surface area contributed by atoms with Crippen molar-refractivity contribution < 1.29 is 33.4 Å². The quantitative estimate of drug-likeness (QED) is 0.254. The fourth-order valence-corrected chi connectivity index (χ4v) is 5.46. The Morgan fingerprint density at radius 3 is 2.51 bits per heavy atom. The van der Waals surface area contributed by atoms with E-state index in [0.29, 0.717) is 16.6 Å². The second kappa shape index (κ2) is 13.0. The molecule has 3 heterocycles. The van der Waals surface area contributed by atoms with Gasteiger partial charge < -0.3 is 14.2 Å². The minimum atomic E-state index is -0.862. The van der Waals surface area contributed by atoms with Gasteiger partial charge in [-0.1, -0.05) is 42.2 Å². The SMILES string of the molecule is Cn1c(=O)n(C2CCC(=O)NC2=O)c2ccc(C#CCO[C@@H]3C[C@@H](C(=O)OCc4ccccc4)N(C(=O)OC(C)(C)C)C3)cc21. The predicted molar refractivity (Wildman–Crippen MR) is 163 cm³/mol. The van der Waals surface area contributed by atoms with E-state index >= 15 is 0 Å². The molecule has 3 atom stereocenters. The number of fused-ring (bicyclic) bond motifs is 1. The molecule has 0 saturated carbocycles. The summed E-state index contributed by atoms with van der Waals surface area (Å²) >= 11 is 0. The molecule has 0 aliphatic carbocycles. The van der Waals surface area contributed by atoms with Crippen LogP contribution in [-0.4, -0.2) is 68.8 Å². The highest BCUT2D eigenvalue weighted by molar-refractivity contribution is 6.00. The molecule has 2 aliphatic rings. The third kappa shape index (κ3) is 7.26. The van der Waals surface area contributed by atoms with E-state index in [9.17, 15) is 24.0 Å².